The number of hydrogen-bond acceptors (Lipinski definition) is 5. The Labute approximate surface area is 89.3 Å². The molecule has 5 N–H and O–H groups in total. The minimum absolute atomic E-state index is 0.219. The van der Waals surface area contributed by atoms with Gasteiger partial charge in [-0.1, -0.05) is 29.8 Å². The maximum Gasteiger partial charge on any atom is 0.324 e. The van der Waals surface area contributed by atoms with E-state index in [4.69, 9.17) is 19.8 Å². The van der Waals surface area contributed by atoms with E-state index < -0.39 is 14.7 Å². The van der Waals surface area contributed by atoms with Crippen LogP contribution >= 0.6 is 8.60 Å². The van der Waals surface area contributed by atoms with Gasteiger partial charge < -0.3 is 24.9 Å². The van der Waals surface area contributed by atoms with Gasteiger partial charge >= 0.3 is 8.60 Å². The molecule has 15 heavy (non-hydrogen) atoms. The van der Waals surface area contributed by atoms with Crippen molar-refractivity contribution in [3.8, 4) is 0 Å². The van der Waals surface area contributed by atoms with Gasteiger partial charge in [-0.05, 0) is 12.5 Å². The van der Waals surface area contributed by atoms with Crippen molar-refractivity contribution in [1.29, 1.82) is 0 Å². The number of aliphatic hydroxyl groups is 2. The zero-order chi connectivity index (χ0) is 11.8. The van der Waals surface area contributed by atoms with Crippen molar-refractivity contribution in [1.82, 2.24) is 0 Å². The van der Waals surface area contributed by atoms with E-state index in [2.05, 4.69) is 0 Å². The van der Waals surface area contributed by atoms with Crippen molar-refractivity contribution >= 4 is 8.60 Å². The van der Waals surface area contributed by atoms with E-state index in [1.807, 2.05) is 31.2 Å². The smallest absolute Gasteiger partial charge is 0.324 e. The van der Waals surface area contributed by atoms with Crippen LogP contribution in [-0.2, 0) is 0 Å². The van der Waals surface area contributed by atoms with Crippen LogP contribution in [0.5, 0.6) is 0 Å². The number of rotatable bonds is 2. The quantitative estimate of drug-likeness (QED) is 0.471. The highest BCUT2D eigenvalue weighted by atomic mass is 31.2. The monoisotopic (exact) mass is 234 g/mol. The van der Waals surface area contributed by atoms with Gasteiger partial charge in [0, 0.05) is 0 Å². The Bertz CT molecular complexity index is 259. The van der Waals surface area contributed by atoms with Gasteiger partial charge in [0.2, 0.25) is 0 Å². The minimum Gasteiger partial charge on any atom is -0.393 e. The summed E-state index contributed by atoms with van der Waals surface area (Å²) in [7, 11) is -2.62. The molecule has 0 aliphatic carbocycles. The Morgan fingerprint density at radius 2 is 1.53 bits per heavy atom. The maximum atomic E-state index is 9.17. The summed E-state index contributed by atoms with van der Waals surface area (Å²) in [5, 5.41) is 17.8. The Hall–Kier alpha value is -0.550. The van der Waals surface area contributed by atoms with E-state index in [0.29, 0.717) is 0 Å². The van der Waals surface area contributed by atoms with Crippen molar-refractivity contribution < 1.29 is 24.9 Å². The van der Waals surface area contributed by atoms with Gasteiger partial charge in [-0.3, -0.25) is 0 Å². The Balaban J connectivity index is 0.000000423. The van der Waals surface area contributed by atoms with Crippen LogP contribution in [0.3, 0.4) is 0 Å². The lowest BCUT2D eigenvalue weighted by Gasteiger charge is -2.06. The summed E-state index contributed by atoms with van der Waals surface area (Å²) in [6.45, 7) is 1.76. The highest BCUT2D eigenvalue weighted by molar-refractivity contribution is 7.38. The van der Waals surface area contributed by atoms with E-state index in [-0.39, 0.29) is 6.61 Å². The van der Waals surface area contributed by atoms with Crippen LogP contribution in [0.4, 0.5) is 0 Å². The molecular formula is C9H15O5P. The second-order valence-electron chi connectivity index (χ2n) is 2.88. The third-order valence-corrected chi connectivity index (χ3v) is 1.64. The van der Waals surface area contributed by atoms with Crippen LogP contribution in [0.25, 0.3) is 0 Å². The molecule has 86 valence electrons. The average molecular weight is 234 g/mol. The SMILES string of the molecule is Cc1ccc(C(O)CO)cc1.OP(O)O. The van der Waals surface area contributed by atoms with Crippen molar-refractivity contribution in [3.05, 3.63) is 35.4 Å². The molecule has 0 aliphatic rings. The molecule has 0 radical (unpaired) electrons. The molecule has 0 aliphatic heterocycles. The van der Waals surface area contributed by atoms with Crippen molar-refractivity contribution in [2.75, 3.05) is 6.61 Å². The highest BCUT2D eigenvalue weighted by Gasteiger charge is 2.03. The second kappa shape index (κ2) is 7.70. The highest BCUT2D eigenvalue weighted by Crippen LogP contribution is 2.12. The molecule has 1 atom stereocenters. The summed E-state index contributed by atoms with van der Waals surface area (Å²) in [4.78, 5) is 21.7. The van der Waals surface area contributed by atoms with E-state index in [9.17, 15) is 5.11 Å². The van der Waals surface area contributed by atoms with Gasteiger partial charge in [0.25, 0.3) is 0 Å². The fraction of sp³-hybridized carbons (Fsp3) is 0.333. The fourth-order valence-electron chi connectivity index (χ4n) is 0.894. The predicted octanol–water partition coefficient (Wildman–Crippen LogP) is 0.211. The topological polar surface area (TPSA) is 101 Å². The van der Waals surface area contributed by atoms with Crippen molar-refractivity contribution in [2.45, 2.75) is 13.0 Å². The number of hydrogen-bond donors (Lipinski definition) is 5. The van der Waals surface area contributed by atoms with Crippen LogP contribution in [0.2, 0.25) is 0 Å². The molecule has 0 aromatic heterocycles. The molecule has 1 aromatic rings. The lowest BCUT2D eigenvalue weighted by molar-refractivity contribution is 0.0956. The Morgan fingerprint density at radius 3 is 1.87 bits per heavy atom. The fourth-order valence-corrected chi connectivity index (χ4v) is 0.894. The van der Waals surface area contributed by atoms with Crippen LogP contribution in [0, 0.1) is 6.92 Å². The van der Waals surface area contributed by atoms with Gasteiger partial charge in [-0.2, -0.15) is 0 Å². The van der Waals surface area contributed by atoms with Gasteiger partial charge in [-0.15, -0.1) is 0 Å². The molecule has 6 heteroatoms. The summed E-state index contributed by atoms with van der Waals surface area (Å²) in [6, 6.07) is 7.45. The van der Waals surface area contributed by atoms with Gasteiger partial charge in [-0.25, -0.2) is 0 Å². The first kappa shape index (κ1) is 14.5. The summed E-state index contributed by atoms with van der Waals surface area (Å²) in [5.41, 5.74) is 1.91. The minimum atomic E-state index is -2.62. The maximum absolute atomic E-state index is 9.17. The van der Waals surface area contributed by atoms with Crippen LogP contribution in [-0.4, -0.2) is 31.5 Å². The van der Waals surface area contributed by atoms with Crippen molar-refractivity contribution in [2.24, 2.45) is 0 Å². The second-order valence-corrected chi connectivity index (χ2v) is 3.41. The predicted molar refractivity (Wildman–Crippen MR) is 56.8 cm³/mol. The van der Waals surface area contributed by atoms with Crippen LogP contribution < -0.4 is 0 Å². The first-order chi connectivity index (χ1) is 6.97. The third-order valence-electron chi connectivity index (χ3n) is 1.64. The van der Waals surface area contributed by atoms with Gasteiger partial charge in [0.1, 0.15) is 6.10 Å². The Morgan fingerprint density at radius 1 is 1.13 bits per heavy atom. The lowest BCUT2D eigenvalue weighted by atomic mass is 10.1. The summed E-state index contributed by atoms with van der Waals surface area (Å²) in [5.74, 6) is 0. The molecule has 5 nitrogen and oxygen atoms in total. The molecule has 1 rings (SSSR count). The molecule has 0 spiro atoms. The summed E-state index contributed by atoms with van der Waals surface area (Å²) in [6.07, 6.45) is -0.740. The molecule has 0 saturated heterocycles. The molecular weight excluding hydrogens is 219 g/mol. The van der Waals surface area contributed by atoms with Crippen LogP contribution in [0.1, 0.15) is 17.2 Å². The van der Waals surface area contributed by atoms with Gasteiger partial charge in [0.15, 0.2) is 0 Å². The number of aliphatic hydroxyl groups excluding tert-OH is 2. The Kier molecular flexibility index (Phi) is 7.42. The zero-order valence-corrected chi connectivity index (χ0v) is 9.17. The molecule has 0 amide bonds. The molecule has 1 aromatic carbocycles. The molecule has 0 fully saturated rings. The average Bonchev–Trinajstić information content (AvgIpc) is 2.17. The van der Waals surface area contributed by atoms with Crippen molar-refractivity contribution in [3.63, 3.8) is 0 Å². The van der Waals surface area contributed by atoms with E-state index in [1.54, 1.807) is 0 Å². The van der Waals surface area contributed by atoms with E-state index in [0.717, 1.165) is 11.1 Å². The summed E-state index contributed by atoms with van der Waals surface area (Å²) < 4.78 is 0. The molecule has 1 unspecified atom stereocenters. The van der Waals surface area contributed by atoms with E-state index >= 15 is 0 Å². The van der Waals surface area contributed by atoms with E-state index in [1.165, 1.54) is 0 Å². The largest absolute Gasteiger partial charge is 0.393 e. The normalized spacial score (nSPS) is 11.9. The lowest BCUT2D eigenvalue weighted by Crippen LogP contribution is -2.01. The first-order valence-electron chi connectivity index (χ1n) is 4.19. The summed E-state index contributed by atoms with van der Waals surface area (Å²) >= 11 is 0. The first-order valence-corrected chi connectivity index (χ1v) is 5.39. The molecule has 0 heterocycles. The van der Waals surface area contributed by atoms with Crippen LogP contribution in [0.15, 0.2) is 24.3 Å². The molecule has 0 saturated carbocycles. The number of benzene rings is 1. The zero-order valence-electron chi connectivity index (χ0n) is 8.28. The third kappa shape index (κ3) is 7.39. The number of aryl methyl sites for hydroxylation is 1. The standard InChI is InChI=1S/C9H12O2.H3O3P/c1-7-2-4-8(5-3-7)9(11)6-10;1-4(2)3/h2-5,9-11H,6H2,1H3;1-3H. The molecule has 0 bridgehead atoms. The van der Waals surface area contributed by atoms with Gasteiger partial charge in [0.05, 0.1) is 6.61 Å².